The molecule has 1 aliphatic rings. The van der Waals surface area contributed by atoms with Gasteiger partial charge in [0, 0.05) is 24.0 Å². The van der Waals surface area contributed by atoms with Crippen molar-refractivity contribution < 1.29 is 4.79 Å². The van der Waals surface area contributed by atoms with Crippen LogP contribution in [0.3, 0.4) is 0 Å². The standard InChI is InChI=1S/C15H22ClN3O/c1-2-12-4-3-8-19(12)9-7-15(20)18-14-10-11(16)5-6-13(14)17/h5-6,10,12H,2-4,7-9,17H2,1H3,(H,18,20). The molecule has 5 heteroatoms. The molecule has 1 aliphatic heterocycles. The van der Waals surface area contributed by atoms with Gasteiger partial charge >= 0.3 is 0 Å². The molecule has 0 aromatic heterocycles. The van der Waals surface area contributed by atoms with Crippen LogP contribution in [0.2, 0.25) is 5.02 Å². The van der Waals surface area contributed by atoms with Crippen LogP contribution in [0, 0.1) is 0 Å². The molecule has 1 aromatic carbocycles. The molecule has 0 bridgehead atoms. The Hall–Kier alpha value is -1.26. The van der Waals surface area contributed by atoms with Crippen molar-refractivity contribution in [3.63, 3.8) is 0 Å². The number of hydrogen-bond donors (Lipinski definition) is 2. The number of likely N-dealkylation sites (tertiary alicyclic amines) is 1. The van der Waals surface area contributed by atoms with Crippen molar-refractivity contribution >= 4 is 28.9 Å². The van der Waals surface area contributed by atoms with Gasteiger partial charge < -0.3 is 11.1 Å². The quantitative estimate of drug-likeness (QED) is 0.821. The molecule has 1 heterocycles. The van der Waals surface area contributed by atoms with Crippen LogP contribution >= 0.6 is 11.6 Å². The fourth-order valence-corrected chi connectivity index (χ4v) is 2.92. The molecule has 1 aromatic rings. The summed E-state index contributed by atoms with van der Waals surface area (Å²) < 4.78 is 0. The van der Waals surface area contributed by atoms with Crippen LogP contribution in [0.4, 0.5) is 11.4 Å². The fraction of sp³-hybridized carbons (Fsp3) is 0.533. The van der Waals surface area contributed by atoms with Crippen LogP contribution in [0.15, 0.2) is 18.2 Å². The molecule has 1 unspecified atom stereocenters. The van der Waals surface area contributed by atoms with Crippen molar-refractivity contribution in [1.29, 1.82) is 0 Å². The number of nitrogen functional groups attached to an aromatic ring is 1. The third-order valence-corrected chi connectivity index (χ3v) is 4.12. The molecule has 0 aliphatic carbocycles. The number of nitrogens with two attached hydrogens (primary N) is 1. The molecule has 1 atom stereocenters. The average Bonchev–Trinajstić information content (AvgIpc) is 2.88. The average molecular weight is 296 g/mol. The molecule has 20 heavy (non-hydrogen) atoms. The monoisotopic (exact) mass is 295 g/mol. The molecule has 1 amide bonds. The largest absolute Gasteiger partial charge is 0.397 e. The maximum absolute atomic E-state index is 12.0. The molecule has 3 N–H and O–H groups in total. The Bertz CT molecular complexity index is 478. The SMILES string of the molecule is CCC1CCCN1CCC(=O)Nc1cc(Cl)ccc1N. The smallest absolute Gasteiger partial charge is 0.225 e. The van der Waals surface area contributed by atoms with Crippen LogP contribution in [0.25, 0.3) is 0 Å². The van der Waals surface area contributed by atoms with Crippen LogP contribution in [-0.2, 0) is 4.79 Å². The second-order valence-corrected chi connectivity index (χ2v) is 5.71. The van der Waals surface area contributed by atoms with Gasteiger partial charge in [-0.25, -0.2) is 0 Å². The van der Waals surface area contributed by atoms with E-state index in [0.717, 1.165) is 19.5 Å². The number of hydrogen-bond acceptors (Lipinski definition) is 3. The lowest BCUT2D eigenvalue weighted by molar-refractivity contribution is -0.116. The Morgan fingerprint density at radius 1 is 1.55 bits per heavy atom. The summed E-state index contributed by atoms with van der Waals surface area (Å²) in [4.78, 5) is 14.4. The number of anilines is 2. The van der Waals surface area contributed by atoms with E-state index < -0.39 is 0 Å². The summed E-state index contributed by atoms with van der Waals surface area (Å²) in [6.07, 6.45) is 4.13. The van der Waals surface area contributed by atoms with Crippen molar-refractivity contribution in [2.45, 2.75) is 38.6 Å². The van der Waals surface area contributed by atoms with E-state index in [4.69, 9.17) is 17.3 Å². The van der Waals surface area contributed by atoms with E-state index in [-0.39, 0.29) is 5.91 Å². The molecule has 0 radical (unpaired) electrons. The first-order chi connectivity index (χ1) is 9.60. The van der Waals surface area contributed by atoms with E-state index in [2.05, 4.69) is 17.1 Å². The van der Waals surface area contributed by atoms with Gasteiger partial charge in [-0.2, -0.15) is 0 Å². The number of nitrogens with zero attached hydrogens (tertiary/aromatic N) is 1. The summed E-state index contributed by atoms with van der Waals surface area (Å²) in [5.41, 5.74) is 6.95. The van der Waals surface area contributed by atoms with Gasteiger partial charge in [-0.1, -0.05) is 18.5 Å². The van der Waals surface area contributed by atoms with Crippen molar-refractivity contribution in [2.75, 3.05) is 24.1 Å². The van der Waals surface area contributed by atoms with E-state index in [1.54, 1.807) is 18.2 Å². The van der Waals surface area contributed by atoms with Crippen molar-refractivity contribution in [2.24, 2.45) is 0 Å². The van der Waals surface area contributed by atoms with E-state index >= 15 is 0 Å². The Morgan fingerprint density at radius 3 is 3.10 bits per heavy atom. The van der Waals surface area contributed by atoms with Crippen molar-refractivity contribution in [3.05, 3.63) is 23.2 Å². The lowest BCUT2D eigenvalue weighted by Crippen LogP contribution is -2.32. The molecule has 0 spiro atoms. The van der Waals surface area contributed by atoms with E-state index in [1.165, 1.54) is 12.8 Å². The predicted octanol–water partition coefficient (Wildman–Crippen LogP) is 3.13. The minimum absolute atomic E-state index is 0.0132. The van der Waals surface area contributed by atoms with Gasteiger partial charge in [-0.05, 0) is 44.0 Å². The zero-order chi connectivity index (χ0) is 14.5. The lowest BCUT2D eigenvalue weighted by atomic mass is 10.1. The van der Waals surface area contributed by atoms with Crippen LogP contribution in [0.1, 0.15) is 32.6 Å². The number of carbonyl (C=O) groups is 1. The zero-order valence-corrected chi connectivity index (χ0v) is 12.6. The topological polar surface area (TPSA) is 58.4 Å². The van der Waals surface area contributed by atoms with Gasteiger partial charge in [0.15, 0.2) is 0 Å². The Morgan fingerprint density at radius 2 is 2.35 bits per heavy atom. The van der Waals surface area contributed by atoms with Crippen molar-refractivity contribution in [1.82, 2.24) is 4.90 Å². The molecule has 110 valence electrons. The second-order valence-electron chi connectivity index (χ2n) is 5.27. The minimum atomic E-state index is -0.0132. The summed E-state index contributed by atoms with van der Waals surface area (Å²) in [6.45, 7) is 4.12. The van der Waals surface area contributed by atoms with Crippen LogP contribution < -0.4 is 11.1 Å². The van der Waals surface area contributed by atoms with Gasteiger partial charge in [0.25, 0.3) is 0 Å². The Balaban J connectivity index is 1.85. The number of amides is 1. The highest BCUT2D eigenvalue weighted by molar-refractivity contribution is 6.31. The molecule has 1 saturated heterocycles. The summed E-state index contributed by atoms with van der Waals surface area (Å²) in [5.74, 6) is -0.0132. The molecule has 2 rings (SSSR count). The molecular formula is C15H22ClN3O. The van der Waals surface area contributed by atoms with Crippen LogP contribution in [-0.4, -0.2) is 29.9 Å². The molecule has 0 saturated carbocycles. The van der Waals surface area contributed by atoms with Gasteiger partial charge in [0.2, 0.25) is 5.91 Å². The number of carbonyl (C=O) groups excluding carboxylic acids is 1. The highest BCUT2D eigenvalue weighted by Gasteiger charge is 2.22. The third kappa shape index (κ3) is 3.87. The Kier molecular flexibility index (Phi) is 5.26. The maximum atomic E-state index is 12.0. The minimum Gasteiger partial charge on any atom is -0.397 e. The summed E-state index contributed by atoms with van der Waals surface area (Å²) >= 11 is 5.90. The molecular weight excluding hydrogens is 274 g/mol. The third-order valence-electron chi connectivity index (χ3n) is 3.89. The molecule has 1 fully saturated rings. The van der Waals surface area contributed by atoms with E-state index in [0.29, 0.717) is 28.9 Å². The summed E-state index contributed by atoms with van der Waals surface area (Å²) in [5, 5.41) is 3.40. The van der Waals surface area contributed by atoms with Crippen molar-refractivity contribution in [3.8, 4) is 0 Å². The van der Waals surface area contributed by atoms with Gasteiger partial charge in [-0.3, -0.25) is 9.69 Å². The first-order valence-corrected chi connectivity index (χ1v) is 7.57. The Labute approximate surface area is 125 Å². The first kappa shape index (κ1) is 15.1. The summed E-state index contributed by atoms with van der Waals surface area (Å²) in [6, 6.07) is 5.73. The normalized spacial score (nSPS) is 19.2. The number of nitrogens with one attached hydrogen (secondary N) is 1. The highest BCUT2D eigenvalue weighted by atomic mass is 35.5. The van der Waals surface area contributed by atoms with Gasteiger partial charge in [0.05, 0.1) is 11.4 Å². The first-order valence-electron chi connectivity index (χ1n) is 7.19. The highest BCUT2D eigenvalue weighted by Crippen LogP contribution is 2.23. The predicted molar refractivity (Wildman–Crippen MR) is 84.0 cm³/mol. The van der Waals surface area contributed by atoms with E-state index in [9.17, 15) is 4.79 Å². The lowest BCUT2D eigenvalue weighted by Gasteiger charge is -2.22. The second kappa shape index (κ2) is 6.95. The number of benzene rings is 1. The van der Waals surface area contributed by atoms with Gasteiger partial charge in [0.1, 0.15) is 0 Å². The fourth-order valence-electron chi connectivity index (χ4n) is 2.75. The van der Waals surface area contributed by atoms with E-state index in [1.807, 2.05) is 0 Å². The van der Waals surface area contributed by atoms with Crippen LogP contribution in [0.5, 0.6) is 0 Å². The number of halogens is 1. The summed E-state index contributed by atoms with van der Waals surface area (Å²) in [7, 11) is 0. The molecule has 4 nitrogen and oxygen atoms in total. The zero-order valence-electron chi connectivity index (χ0n) is 11.9. The number of rotatable bonds is 5. The van der Waals surface area contributed by atoms with Gasteiger partial charge in [-0.15, -0.1) is 0 Å². The maximum Gasteiger partial charge on any atom is 0.225 e.